The van der Waals surface area contributed by atoms with Gasteiger partial charge in [0.1, 0.15) is 23.9 Å². The smallest absolute Gasteiger partial charge is 0.248 e. The topological polar surface area (TPSA) is 121 Å². The van der Waals surface area contributed by atoms with Crippen molar-refractivity contribution in [2.24, 2.45) is 5.41 Å². The summed E-state index contributed by atoms with van der Waals surface area (Å²) in [4.78, 5) is 27.2. The van der Waals surface area contributed by atoms with Gasteiger partial charge in [-0.05, 0) is 17.9 Å². The molecule has 9 heteroatoms. The number of rotatable bonds is 5. The van der Waals surface area contributed by atoms with E-state index in [0.29, 0.717) is 11.3 Å². The predicted molar refractivity (Wildman–Crippen MR) is 114 cm³/mol. The third kappa shape index (κ3) is 4.77. The van der Waals surface area contributed by atoms with Crippen LogP contribution in [0.3, 0.4) is 0 Å². The van der Waals surface area contributed by atoms with Gasteiger partial charge in [-0.25, -0.2) is 4.68 Å². The fraction of sp³-hybridized carbons (Fsp3) is 0.545. The molecule has 1 aromatic heterocycles. The van der Waals surface area contributed by atoms with E-state index in [2.05, 4.69) is 15.6 Å². The first kappa shape index (κ1) is 22.9. The van der Waals surface area contributed by atoms with Crippen LogP contribution in [-0.2, 0) is 9.59 Å². The van der Waals surface area contributed by atoms with Gasteiger partial charge in [-0.3, -0.25) is 9.59 Å². The van der Waals surface area contributed by atoms with Gasteiger partial charge < -0.3 is 20.4 Å². The van der Waals surface area contributed by atoms with Gasteiger partial charge in [-0.15, -0.1) is 5.10 Å². The molecule has 0 aliphatic carbocycles. The number of hydrogen-bond donors (Lipinski definition) is 3. The number of likely N-dealkylation sites (tertiary alicyclic amines) is 1. The number of aromatic nitrogens is 3. The van der Waals surface area contributed by atoms with E-state index in [-0.39, 0.29) is 24.8 Å². The summed E-state index contributed by atoms with van der Waals surface area (Å²) in [6, 6.07) is 5.95. The van der Waals surface area contributed by atoms with Crippen molar-refractivity contribution in [2.75, 3.05) is 13.6 Å². The second-order valence-electron chi connectivity index (χ2n) is 9.22. The summed E-state index contributed by atoms with van der Waals surface area (Å²) in [6.45, 7) is 7.74. The van der Waals surface area contributed by atoms with Gasteiger partial charge in [0, 0.05) is 20.0 Å². The molecule has 1 aliphatic heterocycles. The number of aliphatic hydroxyl groups is 2. The van der Waals surface area contributed by atoms with E-state index < -0.39 is 29.7 Å². The molecule has 4 unspecified atom stereocenters. The number of carbonyl (C=O) groups excluding carboxylic acids is 2. The van der Waals surface area contributed by atoms with Crippen LogP contribution in [-0.4, -0.2) is 67.7 Å². The Bertz CT molecular complexity index is 934. The van der Waals surface area contributed by atoms with Crippen molar-refractivity contribution in [1.29, 1.82) is 0 Å². The van der Waals surface area contributed by atoms with E-state index in [1.807, 2.05) is 52.0 Å². The molecule has 31 heavy (non-hydrogen) atoms. The molecule has 0 radical (unpaired) electrons. The molecule has 0 spiro atoms. The number of likely N-dealkylation sites (N-methyl/N-ethyl adjacent to an activating group) is 1. The van der Waals surface area contributed by atoms with Crippen molar-refractivity contribution in [3.8, 4) is 0 Å². The van der Waals surface area contributed by atoms with Crippen molar-refractivity contribution >= 4 is 11.8 Å². The largest absolute Gasteiger partial charge is 0.391 e. The van der Waals surface area contributed by atoms with Gasteiger partial charge in [0.15, 0.2) is 0 Å². The molecule has 9 nitrogen and oxygen atoms in total. The van der Waals surface area contributed by atoms with Crippen molar-refractivity contribution in [3.05, 3.63) is 47.3 Å². The Labute approximate surface area is 182 Å². The minimum absolute atomic E-state index is 0.0804. The molecule has 1 aliphatic rings. The third-order valence-electron chi connectivity index (χ3n) is 5.63. The Morgan fingerprint density at radius 2 is 1.87 bits per heavy atom. The normalized spacial score (nSPS) is 21.1. The average molecular weight is 430 g/mol. The first-order valence-electron chi connectivity index (χ1n) is 10.4. The summed E-state index contributed by atoms with van der Waals surface area (Å²) in [5.41, 5.74) is 1.53. The van der Waals surface area contributed by atoms with Gasteiger partial charge in [-0.2, -0.15) is 0 Å². The van der Waals surface area contributed by atoms with E-state index in [9.17, 15) is 19.8 Å². The van der Waals surface area contributed by atoms with Crippen LogP contribution in [0, 0.1) is 12.3 Å². The second-order valence-corrected chi connectivity index (χ2v) is 9.22. The van der Waals surface area contributed by atoms with Crippen LogP contribution in [0.1, 0.15) is 56.2 Å². The molecular weight excluding hydrogens is 398 g/mol. The molecule has 168 valence electrons. The Hall–Kier alpha value is -2.78. The minimum atomic E-state index is -0.975. The molecule has 0 saturated carbocycles. The van der Waals surface area contributed by atoms with Crippen molar-refractivity contribution in [1.82, 2.24) is 25.2 Å². The molecule has 0 bridgehead atoms. The Morgan fingerprint density at radius 3 is 2.45 bits per heavy atom. The quantitative estimate of drug-likeness (QED) is 0.651. The zero-order valence-electron chi connectivity index (χ0n) is 18.6. The highest BCUT2D eigenvalue weighted by atomic mass is 16.3. The number of aliphatic hydroxyl groups excluding tert-OH is 2. The highest BCUT2D eigenvalue weighted by Gasteiger charge is 2.45. The summed E-state index contributed by atoms with van der Waals surface area (Å²) in [5.74, 6) is -0.634. The molecule has 4 atom stereocenters. The molecule has 2 amide bonds. The molecule has 2 aromatic rings. The summed E-state index contributed by atoms with van der Waals surface area (Å²) in [5, 5.41) is 31.6. The molecular formula is C22H31N5O4. The lowest BCUT2D eigenvalue weighted by atomic mass is 9.85. The predicted octanol–water partition coefficient (Wildman–Crippen LogP) is 0.963. The summed E-state index contributed by atoms with van der Waals surface area (Å²) < 4.78 is 1.45. The van der Waals surface area contributed by atoms with E-state index in [4.69, 9.17) is 0 Å². The molecule has 1 fully saturated rings. The second kappa shape index (κ2) is 8.76. The lowest BCUT2D eigenvalue weighted by Gasteiger charge is -2.34. The maximum atomic E-state index is 13.5. The molecule has 2 heterocycles. The van der Waals surface area contributed by atoms with Gasteiger partial charge in [0.25, 0.3) is 0 Å². The number of nitrogens with one attached hydrogen (secondary N) is 1. The highest BCUT2D eigenvalue weighted by molar-refractivity contribution is 5.90. The average Bonchev–Trinajstić information content (AvgIpc) is 3.33. The maximum absolute atomic E-state index is 13.5. The number of amides is 2. The van der Waals surface area contributed by atoms with Gasteiger partial charge >= 0.3 is 0 Å². The fourth-order valence-electron chi connectivity index (χ4n) is 3.97. The van der Waals surface area contributed by atoms with E-state index in [1.165, 1.54) is 16.6 Å². The van der Waals surface area contributed by atoms with Crippen molar-refractivity contribution in [3.63, 3.8) is 0 Å². The van der Waals surface area contributed by atoms with E-state index >= 15 is 0 Å². The summed E-state index contributed by atoms with van der Waals surface area (Å²) in [6.07, 6.45) is 0.0235. The van der Waals surface area contributed by atoms with E-state index in [1.54, 1.807) is 6.20 Å². The standard InChI is InChI=1S/C22H31N5O4/c1-13-6-8-14(9-7-13)18(29)16-12-27(25-24-16)19(22(2,3)4)21(31)26-11-15(28)10-17(26)20(30)23-5/h6-9,12,15,17-19,28-29H,10-11H2,1-5H3,(H,23,30). The Balaban J connectivity index is 1.91. The SMILES string of the molecule is CNC(=O)C1CC(O)CN1C(=O)C(n1cc(C(O)c2ccc(C)cc2)nn1)C(C)(C)C. The first-order chi connectivity index (χ1) is 14.5. The van der Waals surface area contributed by atoms with E-state index in [0.717, 1.165) is 5.56 Å². The Kier molecular flexibility index (Phi) is 6.47. The lowest BCUT2D eigenvalue weighted by Crippen LogP contribution is -2.49. The van der Waals surface area contributed by atoms with Gasteiger partial charge in [-0.1, -0.05) is 55.8 Å². The van der Waals surface area contributed by atoms with Gasteiger partial charge in [0.2, 0.25) is 11.8 Å². The van der Waals surface area contributed by atoms with Crippen LogP contribution in [0.4, 0.5) is 0 Å². The van der Waals surface area contributed by atoms with Crippen molar-refractivity contribution < 1.29 is 19.8 Å². The Morgan fingerprint density at radius 1 is 1.23 bits per heavy atom. The van der Waals surface area contributed by atoms with Crippen molar-refractivity contribution in [2.45, 2.75) is 58.4 Å². The fourth-order valence-corrected chi connectivity index (χ4v) is 3.97. The highest BCUT2D eigenvalue weighted by Crippen LogP contribution is 2.35. The first-order valence-corrected chi connectivity index (χ1v) is 10.4. The number of hydrogen-bond acceptors (Lipinski definition) is 6. The van der Waals surface area contributed by atoms with Crippen LogP contribution >= 0.6 is 0 Å². The lowest BCUT2D eigenvalue weighted by molar-refractivity contribution is -0.144. The number of carbonyl (C=O) groups is 2. The number of β-amino-alcohol motifs (C(OH)–C–C–N with tert-alkyl or cyclic N) is 1. The van der Waals surface area contributed by atoms with Crippen LogP contribution in [0.5, 0.6) is 0 Å². The summed E-state index contributed by atoms with van der Waals surface area (Å²) in [7, 11) is 1.51. The summed E-state index contributed by atoms with van der Waals surface area (Å²) >= 11 is 0. The third-order valence-corrected chi connectivity index (χ3v) is 5.63. The van der Waals surface area contributed by atoms with Crippen LogP contribution in [0.25, 0.3) is 0 Å². The number of aryl methyl sites for hydroxylation is 1. The molecule has 3 rings (SSSR count). The maximum Gasteiger partial charge on any atom is 0.248 e. The molecule has 3 N–H and O–H groups in total. The number of nitrogens with zero attached hydrogens (tertiary/aromatic N) is 4. The van der Waals surface area contributed by atoms with Gasteiger partial charge in [0.05, 0.1) is 12.3 Å². The zero-order valence-corrected chi connectivity index (χ0v) is 18.6. The molecule has 1 aromatic carbocycles. The zero-order chi connectivity index (χ0) is 22.9. The van der Waals surface area contributed by atoms with Crippen LogP contribution in [0.15, 0.2) is 30.5 Å². The molecule has 1 saturated heterocycles. The van der Waals surface area contributed by atoms with Crippen LogP contribution < -0.4 is 5.32 Å². The minimum Gasteiger partial charge on any atom is -0.391 e. The number of benzene rings is 1. The monoisotopic (exact) mass is 429 g/mol. The van der Waals surface area contributed by atoms with Crippen LogP contribution in [0.2, 0.25) is 0 Å².